The number of fused-ring (bicyclic) bond motifs is 1. The highest BCUT2D eigenvalue weighted by molar-refractivity contribution is 6.34. The van der Waals surface area contributed by atoms with Crippen molar-refractivity contribution in [1.82, 2.24) is 0 Å². The normalized spacial score (nSPS) is 12.3. The fraction of sp³-hybridized carbons (Fsp3) is 0.214. The van der Waals surface area contributed by atoms with E-state index < -0.39 is 17.8 Å². The van der Waals surface area contributed by atoms with Gasteiger partial charge >= 0.3 is 5.97 Å². The smallest absolute Gasteiger partial charge is 0.338 e. The summed E-state index contributed by atoms with van der Waals surface area (Å²) in [5.74, 6) is -0.633. The quantitative estimate of drug-likeness (QED) is 0.240. The molecule has 8 heteroatoms. The first-order chi connectivity index (χ1) is 17.4. The summed E-state index contributed by atoms with van der Waals surface area (Å²) >= 11 is 0. The maximum absolute atomic E-state index is 13.1. The molecule has 1 aliphatic rings. The van der Waals surface area contributed by atoms with Gasteiger partial charge in [0.2, 0.25) is 5.91 Å². The van der Waals surface area contributed by atoms with Crippen LogP contribution in [0.25, 0.3) is 0 Å². The Morgan fingerprint density at radius 1 is 0.833 bits per heavy atom. The van der Waals surface area contributed by atoms with Crippen molar-refractivity contribution in [2.24, 2.45) is 0 Å². The highest BCUT2D eigenvalue weighted by atomic mass is 16.5. The standard InChI is InChI=1S/C28H26N2O6/c1-3-4-5-16-35-28(34)19-6-10-21(11-7-19)30-26(32)24-15-14-23(17-25(24)27(30)33)36-22-12-8-20(9-13-22)29-18(2)31/h6-15,17H,3-5,16H2,1-2H3,(H,29,31). The zero-order chi connectivity index (χ0) is 25.7. The maximum atomic E-state index is 13.1. The molecule has 36 heavy (non-hydrogen) atoms. The molecule has 0 saturated carbocycles. The van der Waals surface area contributed by atoms with Crippen LogP contribution in [-0.2, 0) is 9.53 Å². The molecule has 0 aromatic heterocycles. The molecule has 0 spiro atoms. The van der Waals surface area contributed by atoms with Crippen molar-refractivity contribution in [3.05, 3.63) is 83.4 Å². The van der Waals surface area contributed by atoms with Gasteiger partial charge in [-0.15, -0.1) is 0 Å². The largest absolute Gasteiger partial charge is 0.462 e. The first-order valence-corrected chi connectivity index (χ1v) is 11.7. The van der Waals surface area contributed by atoms with Crippen molar-refractivity contribution < 1.29 is 28.7 Å². The van der Waals surface area contributed by atoms with Gasteiger partial charge in [-0.25, -0.2) is 9.69 Å². The Morgan fingerprint density at radius 3 is 2.17 bits per heavy atom. The lowest BCUT2D eigenvalue weighted by Crippen LogP contribution is -2.29. The SMILES string of the molecule is CCCCCOC(=O)c1ccc(N2C(=O)c3ccc(Oc4ccc(NC(C)=O)cc4)cc3C2=O)cc1. The Kier molecular flexibility index (Phi) is 7.44. The second kappa shape index (κ2) is 10.9. The van der Waals surface area contributed by atoms with Crippen molar-refractivity contribution in [1.29, 1.82) is 0 Å². The Balaban J connectivity index is 1.45. The molecule has 8 nitrogen and oxygen atoms in total. The van der Waals surface area contributed by atoms with Gasteiger partial charge in [0.1, 0.15) is 11.5 Å². The maximum Gasteiger partial charge on any atom is 0.338 e. The zero-order valence-electron chi connectivity index (χ0n) is 20.1. The van der Waals surface area contributed by atoms with Crippen LogP contribution in [0.2, 0.25) is 0 Å². The van der Waals surface area contributed by atoms with E-state index >= 15 is 0 Å². The van der Waals surface area contributed by atoms with Gasteiger partial charge in [0.05, 0.1) is 29.0 Å². The molecule has 1 N–H and O–H groups in total. The first-order valence-electron chi connectivity index (χ1n) is 11.7. The number of nitrogens with one attached hydrogen (secondary N) is 1. The van der Waals surface area contributed by atoms with Gasteiger partial charge in [-0.05, 0) is 73.2 Å². The van der Waals surface area contributed by atoms with Crippen LogP contribution in [0.15, 0.2) is 66.7 Å². The minimum absolute atomic E-state index is 0.174. The molecule has 0 bridgehead atoms. The molecule has 1 aliphatic heterocycles. The van der Waals surface area contributed by atoms with Crippen LogP contribution in [0.3, 0.4) is 0 Å². The number of esters is 1. The van der Waals surface area contributed by atoms with Crippen LogP contribution in [-0.4, -0.2) is 30.3 Å². The molecule has 0 unspecified atom stereocenters. The topological polar surface area (TPSA) is 102 Å². The average molecular weight is 487 g/mol. The predicted molar refractivity (Wildman–Crippen MR) is 135 cm³/mol. The van der Waals surface area contributed by atoms with Gasteiger partial charge in [0.15, 0.2) is 0 Å². The van der Waals surface area contributed by atoms with Crippen molar-refractivity contribution >= 4 is 35.1 Å². The third kappa shape index (κ3) is 5.43. The van der Waals surface area contributed by atoms with Gasteiger partial charge in [-0.3, -0.25) is 14.4 Å². The van der Waals surface area contributed by atoms with E-state index in [1.54, 1.807) is 60.7 Å². The minimum atomic E-state index is -0.476. The number of nitrogens with zero attached hydrogens (tertiary/aromatic N) is 1. The van der Waals surface area contributed by atoms with Gasteiger partial charge in [0.25, 0.3) is 11.8 Å². The zero-order valence-corrected chi connectivity index (χ0v) is 20.1. The predicted octanol–water partition coefficient (Wildman–Crippen LogP) is 5.58. The Labute approximate surface area is 208 Å². The number of benzene rings is 3. The van der Waals surface area contributed by atoms with E-state index in [-0.39, 0.29) is 17.0 Å². The molecular weight excluding hydrogens is 460 g/mol. The van der Waals surface area contributed by atoms with E-state index in [4.69, 9.17) is 9.47 Å². The minimum Gasteiger partial charge on any atom is -0.462 e. The van der Waals surface area contributed by atoms with E-state index in [1.165, 1.54) is 13.0 Å². The average Bonchev–Trinajstić information content (AvgIpc) is 3.12. The fourth-order valence-electron chi connectivity index (χ4n) is 3.81. The number of imide groups is 1. The van der Waals surface area contributed by atoms with Crippen molar-refractivity contribution in [2.75, 3.05) is 16.8 Å². The molecule has 3 aromatic carbocycles. The second-order valence-corrected chi connectivity index (χ2v) is 8.35. The monoisotopic (exact) mass is 486 g/mol. The van der Waals surface area contributed by atoms with Gasteiger partial charge in [0, 0.05) is 12.6 Å². The second-order valence-electron chi connectivity index (χ2n) is 8.35. The van der Waals surface area contributed by atoms with E-state index in [0.29, 0.717) is 35.0 Å². The lowest BCUT2D eigenvalue weighted by Gasteiger charge is -2.14. The summed E-state index contributed by atoms with van der Waals surface area (Å²) in [5, 5.41) is 2.68. The summed E-state index contributed by atoms with van der Waals surface area (Å²) < 4.78 is 11.1. The third-order valence-electron chi connectivity index (χ3n) is 5.61. The molecule has 0 fully saturated rings. The van der Waals surface area contributed by atoms with Gasteiger partial charge in [-0.2, -0.15) is 0 Å². The van der Waals surface area contributed by atoms with Crippen LogP contribution >= 0.6 is 0 Å². The number of carbonyl (C=O) groups is 4. The third-order valence-corrected chi connectivity index (χ3v) is 5.61. The summed E-state index contributed by atoms with van der Waals surface area (Å²) in [6.07, 6.45) is 2.83. The molecule has 0 atom stereocenters. The van der Waals surface area contributed by atoms with Crippen LogP contribution < -0.4 is 15.0 Å². The fourth-order valence-corrected chi connectivity index (χ4v) is 3.81. The highest BCUT2D eigenvalue weighted by Crippen LogP contribution is 2.32. The summed E-state index contributed by atoms with van der Waals surface area (Å²) in [4.78, 5) is 50.5. The molecule has 0 radical (unpaired) electrons. The molecule has 3 amide bonds. The molecule has 184 valence electrons. The lowest BCUT2D eigenvalue weighted by molar-refractivity contribution is -0.114. The van der Waals surface area contributed by atoms with Crippen LogP contribution in [0.1, 0.15) is 64.2 Å². The number of carbonyl (C=O) groups excluding carboxylic acids is 4. The van der Waals surface area contributed by atoms with E-state index in [0.717, 1.165) is 24.2 Å². The number of unbranched alkanes of at least 4 members (excludes halogenated alkanes) is 2. The van der Waals surface area contributed by atoms with E-state index in [2.05, 4.69) is 12.2 Å². The number of hydrogen-bond donors (Lipinski definition) is 1. The van der Waals surface area contributed by atoms with Crippen LogP contribution in [0.5, 0.6) is 11.5 Å². The van der Waals surface area contributed by atoms with Crippen LogP contribution in [0, 0.1) is 0 Å². The van der Waals surface area contributed by atoms with Gasteiger partial charge in [-0.1, -0.05) is 19.8 Å². The van der Waals surface area contributed by atoms with E-state index in [1.807, 2.05) is 0 Å². The van der Waals surface area contributed by atoms with Crippen molar-refractivity contribution in [2.45, 2.75) is 33.1 Å². The molecule has 3 aromatic rings. The van der Waals surface area contributed by atoms with Gasteiger partial charge < -0.3 is 14.8 Å². The summed E-state index contributed by atoms with van der Waals surface area (Å²) in [6, 6.07) is 17.7. The number of hydrogen-bond acceptors (Lipinski definition) is 6. The number of ether oxygens (including phenoxy) is 2. The molecule has 0 saturated heterocycles. The van der Waals surface area contributed by atoms with Crippen LogP contribution in [0.4, 0.5) is 11.4 Å². The number of amides is 3. The summed E-state index contributed by atoms with van der Waals surface area (Å²) in [7, 11) is 0. The van der Waals surface area contributed by atoms with Crippen molar-refractivity contribution in [3.8, 4) is 11.5 Å². The van der Waals surface area contributed by atoms with Crippen molar-refractivity contribution in [3.63, 3.8) is 0 Å². The summed E-state index contributed by atoms with van der Waals surface area (Å²) in [6.45, 7) is 3.85. The Morgan fingerprint density at radius 2 is 1.50 bits per heavy atom. The first kappa shape index (κ1) is 24.7. The Hall–Kier alpha value is -4.46. The Bertz CT molecular complexity index is 1300. The summed E-state index contributed by atoms with van der Waals surface area (Å²) in [5.41, 5.74) is 1.85. The number of anilines is 2. The number of rotatable bonds is 9. The molecule has 1 heterocycles. The highest BCUT2D eigenvalue weighted by Gasteiger charge is 2.37. The van der Waals surface area contributed by atoms with E-state index in [9.17, 15) is 19.2 Å². The molecular formula is C28H26N2O6. The lowest BCUT2D eigenvalue weighted by atomic mass is 10.1. The molecule has 0 aliphatic carbocycles. The molecule has 4 rings (SSSR count).